The summed E-state index contributed by atoms with van der Waals surface area (Å²) in [6.45, 7) is 21.8. The summed E-state index contributed by atoms with van der Waals surface area (Å²) >= 11 is 0. The van der Waals surface area contributed by atoms with Crippen molar-refractivity contribution in [3.05, 3.63) is 24.4 Å². The van der Waals surface area contributed by atoms with Crippen LogP contribution in [0.3, 0.4) is 0 Å². The van der Waals surface area contributed by atoms with E-state index in [0.717, 1.165) is 13.1 Å². The number of hydrogen-bond acceptors (Lipinski definition) is 1. The lowest BCUT2D eigenvalue weighted by atomic mass is 9.78. The summed E-state index contributed by atoms with van der Waals surface area (Å²) in [6, 6.07) is 0. The number of nitrogens with zero attached hydrogens (tertiary/aromatic N) is 1. The van der Waals surface area contributed by atoms with E-state index in [-0.39, 0.29) is 0 Å². The molecule has 1 heteroatoms. The van der Waals surface area contributed by atoms with Gasteiger partial charge in [-0.15, -0.1) is 0 Å². The van der Waals surface area contributed by atoms with Gasteiger partial charge in [0.05, 0.1) is 0 Å². The van der Waals surface area contributed by atoms with Crippen LogP contribution in [0.1, 0.15) is 34.6 Å². The van der Waals surface area contributed by atoms with Crippen LogP contribution < -0.4 is 0 Å². The van der Waals surface area contributed by atoms with Crippen LogP contribution in [0.25, 0.3) is 0 Å². The van der Waals surface area contributed by atoms with Gasteiger partial charge in [-0.3, -0.25) is 0 Å². The lowest BCUT2D eigenvalue weighted by Gasteiger charge is -2.26. The second-order valence-corrected chi connectivity index (χ2v) is 5.91. The van der Waals surface area contributed by atoms with Crippen LogP contribution in [0.15, 0.2) is 24.4 Å². The minimum absolute atomic E-state index is 0.337. The minimum atomic E-state index is 0.337. The molecule has 0 bridgehead atoms. The van der Waals surface area contributed by atoms with Gasteiger partial charge in [0.15, 0.2) is 0 Å². The lowest BCUT2D eigenvalue weighted by Crippen LogP contribution is -2.25. The summed E-state index contributed by atoms with van der Waals surface area (Å²) in [5, 5.41) is 0. The standard InChI is InChI=1S/C14H25N/c1-10(2)12(5)15-8-13(11(3)4)14(6,7)9-15/h10,13H,3,5,8-9H2,1-2,4,6-7H3. The molecule has 1 nitrogen and oxygen atoms in total. The van der Waals surface area contributed by atoms with E-state index < -0.39 is 0 Å². The van der Waals surface area contributed by atoms with Crippen LogP contribution in [-0.4, -0.2) is 18.0 Å². The maximum atomic E-state index is 4.19. The van der Waals surface area contributed by atoms with Gasteiger partial charge < -0.3 is 4.90 Å². The molecule has 0 aromatic heterocycles. The Morgan fingerprint density at radius 3 is 2.20 bits per heavy atom. The molecule has 0 N–H and O–H groups in total. The molecule has 0 amide bonds. The van der Waals surface area contributed by atoms with E-state index in [4.69, 9.17) is 0 Å². The van der Waals surface area contributed by atoms with Crippen LogP contribution in [0.4, 0.5) is 0 Å². The predicted molar refractivity (Wildman–Crippen MR) is 67.6 cm³/mol. The molecule has 1 saturated heterocycles. The molecule has 1 atom stereocenters. The van der Waals surface area contributed by atoms with Crippen molar-refractivity contribution in [2.24, 2.45) is 17.3 Å². The van der Waals surface area contributed by atoms with Crippen molar-refractivity contribution < 1.29 is 0 Å². The van der Waals surface area contributed by atoms with Gasteiger partial charge in [-0.1, -0.05) is 46.4 Å². The highest BCUT2D eigenvalue weighted by Crippen LogP contribution is 2.41. The van der Waals surface area contributed by atoms with E-state index in [9.17, 15) is 0 Å². The summed E-state index contributed by atoms with van der Waals surface area (Å²) in [5.41, 5.74) is 2.91. The summed E-state index contributed by atoms with van der Waals surface area (Å²) in [7, 11) is 0. The molecule has 0 aliphatic carbocycles. The molecule has 1 aliphatic rings. The Hall–Kier alpha value is -0.720. The maximum absolute atomic E-state index is 4.19. The molecule has 1 heterocycles. The number of likely N-dealkylation sites (tertiary alicyclic amines) is 1. The van der Waals surface area contributed by atoms with E-state index in [1.807, 2.05) is 0 Å². The summed E-state index contributed by atoms with van der Waals surface area (Å²) in [6.07, 6.45) is 0. The smallest absolute Gasteiger partial charge is 0.0246 e. The Kier molecular flexibility index (Phi) is 3.32. The van der Waals surface area contributed by atoms with E-state index in [1.165, 1.54) is 11.3 Å². The van der Waals surface area contributed by atoms with Gasteiger partial charge in [0.25, 0.3) is 0 Å². The highest BCUT2D eigenvalue weighted by molar-refractivity contribution is 5.13. The first-order valence-corrected chi connectivity index (χ1v) is 5.85. The fourth-order valence-corrected chi connectivity index (χ4v) is 2.54. The third-order valence-electron chi connectivity index (χ3n) is 3.61. The zero-order valence-electron chi connectivity index (χ0n) is 10.9. The minimum Gasteiger partial charge on any atom is -0.374 e. The quantitative estimate of drug-likeness (QED) is 0.638. The highest BCUT2D eigenvalue weighted by atomic mass is 15.2. The van der Waals surface area contributed by atoms with Crippen molar-refractivity contribution in [1.29, 1.82) is 0 Å². The van der Waals surface area contributed by atoms with Crippen LogP contribution >= 0.6 is 0 Å². The van der Waals surface area contributed by atoms with Gasteiger partial charge >= 0.3 is 0 Å². The average Bonchev–Trinajstić information content (AvgIpc) is 2.39. The van der Waals surface area contributed by atoms with Crippen molar-refractivity contribution in [3.63, 3.8) is 0 Å². The molecular weight excluding hydrogens is 182 g/mol. The van der Waals surface area contributed by atoms with E-state index in [1.54, 1.807) is 0 Å². The molecule has 1 aliphatic heterocycles. The van der Waals surface area contributed by atoms with Gasteiger partial charge in [0, 0.05) is 24.7 Å². The SMILES string of the molecule is C=C(C)C1CN(C(=C)C(C)C)CC1(C)C. The molecule has 0 saturated carbocycles. The molecular formula is C14H25N. The first-order chi connectivity index (χ1) is 6.75. The number of hydrogen-bond donors (Lipinski definition) is 0. The van der Waals surface area contributed by atoms with Crippen molar-refractivity contribution in [1.82, 2.24) is 4.90 Å². The zero-order valence-corrected chi connectivity index (χ0v) is 10.9. The summed E-state index contributed by atoms with van der Waals surface area (Å²) in [5.74, 6) is 1.15. The maximum Gasteiger partial charge on any atom is 0.0246 e. The Bertz CT molecular complexity index is 273. The molecule has 1 rings (SSSR count). The van der Waals surface area contributed by atoms with E-state index in [2.05, 4.69) is 52.7 Å². The monoisotopic (exact) mass is 207 g/mol. The molecule has 86 valence electrons. The normalized spacial score (nSPS) is 24.7. The Balaban J connectivity index is 2.78. The van der Waals surface area contributed by atoms with Crippen molar-refractivity contribution in [2.45, 2.75) is 34.6 Å². The van der Waals surface area contributed by atoms with Gasteiger partial charge in [-0.25, -0.2) is 0 Å². The predicted octanol–water partition coefficient (Wildman–Crippen LogP) is 3.69. The van der Waals surface area contributed by atoms with Crippen LogP contribution in [0, 0.1) is 17.3 Å². The van der Waals surface area contributed by atoms with Gasteiger partial charge in [-0.2, -0.15) is 0 Å². The summed E-state index contributed by atoms with van der Waals surface area (Å²) in [4.78, 5) is 2.43. The zero-order chi connectivity index (χ0) is 11.8. The molecule has 0 spiro atoms. The van der Waals surface area contributed by atoms with Crippen LogP contribution in [-0.2, 0) is 0 Å². The molecule has 1 fully saturated rings. The third-order valence-corrected chi connectivity index (χ3v) is 3.61. The van der Waals surface area contributed by atoms with Gasteiger partial charge in [0.1, 0.15) is 0 Å². The van der Waals surface area contributed by atoms with Gasteiger partial charge in [-0.05, 0) is 18.3 Å². The Morgan fingerprint density at radius 1 is 1.33 bits per heavy atom. The first kappa shape index (κ1) is 12.4. The Morgan fingerprint density at radius 2 is 1.87 bits per heavy atom. The van der Waals surface area contributed by atoms with E-state index >= 15 is 0 Å². The summed E-state index contributed by atoms with van der Waals surface area (Å²) < 4.78 is 0. The molecule has 15 heavy (non-hydrogen) atoms. The first-order valence-electron chi connectivity index (χ1n) is 5.85. The van der Waals surface area contributed by atoms with Crippen molar-refractivity contribution in [3.8, 4) is 0 Å². The average molecular weight is 207 g/mol. The fraction of sp³-hybridized carbons (Fsp3) is 0.714. The lowest BCUT2D eigenvalue weighted by molar-refractivity contribution is 0.302. The van der Waals surface area contributed by atoms with Crippen molar-refractivity contribution >= 4 is 0 Å². The van der Waals surface area contributed by atoms with Crippen molar-refractivity contribution in [2.75, 3.05) is 13.1 Å². The molecule has 0 aromatic carbocycles. The fourth-order valence-electron chi connectivity index (χ4n) is 2.54. The Labute approximate surface area is 94.9 Å². The molecule has 0 aromatic rings. The van der Waals surface area contributed by atoms with E-state index in [0.29, 0.717) is 17.3 Å². The largest absolute Gasteiger partial charge is 0.374 e. The van der Waals surface area contributed by atoms with Crippen LogP contribution in [0.5, 0.6) is 0 Å². The molecule has 1 unspecified atom stereocenters. The molecule has 0 radical (unpaired) electrons. The number of rotatable bonds is 3. The second kappa shape index (κ2) is 4.03. The second-order valence-electron chi connectivity index (χ2n) is 5.91. The highest BCUT2D eigenvalue weighted by Gasteiger charge is 2.40. The van der Waals surface area contributed by atoms with Crippen LogP contribution in [0.2, 0.25) is 0 Å². The van der Waals surface area contributed by atoms with Gasteiger partial charge in [0.2, 0.25) is 0 Å². The topological polar surface area (TPSA) is 3.24 Å². The third kappa shape index (κ3) is 2.45. The number of allylic oxidation sites excluding steroid dienone is 1.